The molecular formula is C7H11N3OS. The predicted octanol–water partition coefficient (Wildman–Crippen LogP) is -0.523. The van der Waals surface area contributed by atoms with Crippen LogP contribution in [0.2, 0.25) is 0 Å². The number of β-amino-alcohol motifs (C(OH)–C–C–N with tert-alkyl or cyclic N) is 1. The van der Waals surface area contributed by atoms with E-state index in [9.17, 15) is 5.11 Å². The van der Waals surface area contributed by atoms with Crippen molar-refractivity contribution in [2.75, 3.05) is 13.1 Å². The Morgan fingerprint density at radius 3 is 2.92 bits per heavy atom. The van der Waals surface area contributed by atoms with Crippen LogP contribution in [-0.4, -0.2) is 28.8 Å². The highest BCUT2D eigenvalue weighted by atomic mass is 32.1. The molecule has 5 heteroatoms. The lowest BCUT2D eigenvalue weighted by Gasteiger charge is -2.41. The zero-order valence-corrected chi connectivity index (χ0v) is 7.34. The Labute approximate surface area is 74.4 Å². The molecule has 0 amide bonds. The lowest BCUT2D eigenvalue weighted by molar-refractivity contribution is -0.0333. The van der Waals surface area contributed by atoms with E-state index in [2.05, 4.69) is 10.3 Å². The van der Waals surface area contributed by atoms with Crippen molar-refractivity contribution in [1.82, 2.24) is 10.3 Å². The quantitative estimate of drug-likeness (QED) is 0.579. The van der Waals surface area contributed by atoms with Crippen LogP contribution in [0.15, 0.2) is 11.6 Å². The van der Waals surface area contributed by atoms with Gasteiger partial charge in [0.25, 0.3) is 0 Å². The van der Waals surface area contributed by atoms with Gasteiger partial charge in [0.1, 0.15) is 10.6 Å². The summed E-state index contributed by atoms with van der Waals surface area (Å²) in [5.41, 5.74) is 5.06. The molecule has 1 atom stereocenters. The molecule has 1 saturated heterocycles. The fourth-order valence-electron chi connectivity index (χ4n) is 1.22. The molecule has 0 bridgehead atoms. The highest BCUT2D eigenvalue weighted by Crippen LogP contribution is 2.27. The zero-order valence-electron chi connectivity index (χ0n) is 6.53. The highest BCUT2D eigenvalue weighted by Gasteiger charge is 2.42. The second-order valence-electron chi connectivity index (χ2n) is 3.06. The molecule has 1 aromatic heterocycles. The van der Waals surface area contributed by atoms with E-state index in [4.69, 9.17) is 5.73 Å². The fourth-order valence-corrected chi connectivity index (χ4v) is 1.97. The number of aliphatic hydroxyl groups is 1. The maximum absolute atomic E-state index is 9.83. The maximum Gasteiger partial charge on any atom is 0.112 e. The van der Waals surface area contributed by atoms with E-state index >= 15 is 0 Å². The van der Waals surface area contributed by atoms with Crippen molar-refractivity contribution in [3.8, 4) is 0 Å². The van der Waals surface area contributed by atoms with Crippen LogP contribution >= 0.6 is 11.3 Å². The van der Waals surface area contributed by atoms with Gasteiger partial charge in [-0.25, -0.2) is 4.98 Å². The number of aromatic nitrogens is 1. The zero-order chi connectivity index (χ0) is 8.60. The van der Waals surface area contributed by atoms with E-state index in [1.54, 1.807) is 6.20 Å². The second kappa shape index (κ2) is 2.77. The fraction of sp³-hybridized carbons (Fsp3) is 0.571. The van der Waals surface area contributed by atoms with Crippen LogP contribution in [0.5, 0.6) is 0 Å². The lowest BCUT2D eigenvalue weighted by Crippen LogP contribution is -2.64. The minimum atomic E-state index is -0.780. The van der Waals surface area contributed by atoms with Gasteiger partial charge in [-0.1, -0.05) is 0 Å². The molecule has 1 fully saturated rings. The van der Waals surface area contributed by atoms with Crippen LogP contribution in [0.4, 0.5) is 0 Å². The first-order valence-electron chi connectivity index (χ1n) is 3.80. The normalized spacial score (nSPS) is 23.2. The standard InChI is InChI=1S/C7H11N3OS/c8-5(6-10-1-2-12-6)7(11)3-9-4-7/h1-2,5,9,11H,3-4,8H2. The first-order valence-corrected chi connectivity index (χ1v) is 4.68. The Bertz CT molecular complexity index is 258. The molecule has 1 aromatic rings. The van der Waals surface area contributed by atoms with Gasteiger partial charge in [-0.3, -0.25) is 0 Å². The van der Waals surface area contributed by atoms with Gasteiger partial charge in [0.2, 0.25) is 0 Å². The number of hydrogen-bond donors (Lipinski definition) is 3. The van der Waals surface area contributed by atoms with Gasteiger partial charge < -0.3 is 16.2 Å². The van der Waals surface area contributed by atoms with E-state index in [1.165, 1.54) is 11.3 Å². The van der Waals surface area contributed by atoms with Crippen LogP contribution < -0.4 is 11.1 Å². The number of hydrogen-bond acceptors (Lipinski definition) is 5. The second-order valence-corrected chi connectivity index (χ2v) is 3.98. The predicted molar refractivity (Wildman–Crippen MR) is 46.9 cm³/mol. The Kier molecular flexibility index (Phi) is 1.88. The monoisotopic (exact) mass is 185 g/mol. The summed E-state index contributed by atoms with van der Waals surface area (Å²) < 4.78 is 0. The van der Waals surface area contributed by atoms with Crippen molar-refractivity contribution in [2.24, 2.45) is 5.73 Å². The number of rotatable bonds is 2. The van der Waals surface area contributed by atoms with Crippen molar-refractivity contribution >= 4 is 11.3 Å². The number of nitrogens with zero attached hydrogens (tertiary/aromatic N) is 1. The van der Waals surface area contributed by atoms with Crippen molar-refractivity contribution in [2.45, 2.75) is 11.6 Å². The largest absolute Gasteiger partial charge is 0.385 e. The molecule has 2 heterocycles. The summed E-state index contributed by atoms with van der Waals surface area (Å²) in [4.78, 5) is 4.07. The summed E-state index contributed by atoms with van der Waals surface area (Å²) in [6.07, 6.45) is 1.70. The maximum atomic E-state index is 9.83. The van der Waals surface area contributed by atoms with Crippen LogP contribution in [-0.2, 0) is 0 Å². The van der Waals surface area contributed by atoms with E-state index < -0.39 is 5.60 Å². The van der Waals surface area contributed by atoms with Gasteiger partial charge in [-0.2, -0.15) is 0 Å². The third-order valence-electron chi connectivity index (χ3n) is 2.16. The lowest BCUT2D eigenvalue weighted by atomic mass is 9.89. The van der Waals surface area contributed by atoms with Crippen molar-refractivity contribution in [3.63, 3.8) is 0 Å². The van der Waals surface area contributed by atoms with E-state index in [-0.39, 0.29) is 6.04 Å². The highest BCUT2D eigenvalue weighted by molar-refractivity contribution is 7.09. The molecule has 4 N–H and O–H groups in total. The van der Waals surface area contributed by atoms with Crippen LogP contribution in [0.25, 0.3) is 0 Å². The van der Waals surface area contributed by atoms with Gasteiger partial charge in [0, 0.05) is 24.7 Å². The van der Waals surface area contributed by atoms with E-state index in [1.807, 2.05) is 5.38 Å². The minimum absolute atomic E-state index is 0.348. The van der Waals surface area contributed by atoms with Crippen LogP contribution in [0.1, 0.15) is 11.0 Å². The average molecular weight is 185 g/mol. The summed E-state index contributed by atoms with van der Waals surface area (Å²) in [5, 5.41) is 15.5. The molecule has 0 saturated carbocycles. The van der Waals surface area contributed by atoms with Gasteiger partial charge in [0.05, 0.1) is 6.04 Å². The Morgan fingerprint density at radius 2 is 2.50 bits per heavy atom. The smallest absolute Gasteiger partial charge is 0.112 e. The first-order chi connectivity index (χ1) is 5.72. The molecule has 4 nitrogen and oxygen atoms in total. The number of thiazole rings is 1. The molecule has 1 aliphatic heterocycles. The number of nitrogens with one attached hydrogen (secondary N) is 1. The molecule has 0 radical (unpaired) electrons. The summed E-state index contributed by atoms with van der Waals surface area (Å²) in [5.74, 6) is 0. The number of nitrogens with two attached hydrogens (primary N) is 1. The molecule has 2 rings (SSSR count). The molecule has 66 valence electrons. The molecule has 1 unspecified atom stereocenters. The van der Waals surface area contributed by atoms with E-state index in [0.29, 0.717) is 13.1 Å². The molecule has 0 spiro atoms. The minimum Gasteiger partial charge on any atom is -0.385 e. The van der Waals surface area contributed by atoms with Crippen molar-refractivity contribution in [1.29, 1.82) is 0 Å². The SMILES string of the molecule is NC(c1nccs1)C1(O)CNC1. The topological polar surface area (TPSA) is 71.2 Å². The van der Waals surface area contributed by atoms with Crippen molar-refractivity contribution in [3.05, 3.63) is 16.6 Å². The van der Waals surface area contributed by atoms with Gasteiger partial charge >= 0.3 is 0 Å². The molecule has 12 heavy (non-hydrogen) atoms. The van der Waals surface area contributed by atoms with Gasteiger partial charge in [-0.15, -0.1) is 11.3 Å². The van der Waals surface area contributed by atoms with Crippen LogP contribution in [0, 0.1) is 0 Å². The van der Waals surface area contributed by atoms with Gasteiger partial charge in [-0.05, 0) is 0 Å². The molecule has 0 aromatic carbocycles. The molecule has 1 aliphatic rings. The Morgan fingerprint density at radius 1 is 1.75 bits per heavy atom. The van der Waals surface area contributed by atoms with Crippen molar-refractivity contribution < 1.29 is 5.11 Å². The Balaban J connectivity index is 2.14. The van der Waals surface area contributed by atoms with Crippen LogP contribution in [0.3, 0.4) is 0 Å². The summed E-state index contributed by atoms with van der Waals surface area (Å²) >= 11 is 1.48. The molecule has 0 aliphatic carbocycles. The summed E-state index contributed by atoms with van der Waals surface area (Å²) in [7, 11) is 0. The first kappa shape index (κ1) is 8.12. The third-order valence-corrected chi connectivity index (χ3v) is 3.02. The van der Waals surface area contributed by atoms with Gasteiger partial charge in [0.15, 0.2) is 0 Å². The summed E-state index contributed by atoms with van der Waals surface area (Å²) in [6, 6.07) is -0.348. The third kappa shape index (κ3) is 1.15. The summed E-state index contributed by atoms with van der Waals surface area (Å²) in [6.45, 7) is 1.13. The van der Waals surface area contributed by atoms with E-state index in [0.717, 1.165) is 5.01 Å². The average Bonchev–Trinajstić information content (AvgIpc) is 2.50. The Hall–Kier alpha value is -0.490. The molecular weight excluding hydrogens is 174 g/mol.